The van der Waals surface area contributed by atoms with Crippen LogP contribution in [0.3, 0.4) is 0 Å². The van der Waals surface area contributed by atoms with Gasteiger partial charge >= 0.3 is 0 Å². The summed E-state index contributed by atoms with van der Waals surface area (Å²) in [6.07, 6.45) is 4.00. The highest BCUT2D eigenvalue weighted by molar-refractivity contribution is 9.10. The van der Waals surface area contributed by atoms with Crippen LogP contribution in [0.2, 0.25) is 0 Å². The molecule has 1 aromatic heterocycles. The minimum Gasteiger partial charge on any atom is -0.493 e. The van der Waals surface area contributed by atoms with E-state index in [1.54, 1.807) is 0 Å². The lowest BCUT2D eigenvalue weighted by Crippen LogP contribution is -2.21. The summed E-state index contributed by atoms with van der Waals surface area (Å²) in [4.78, 5) is 4.45. The van der Waals surface area contributed by atoms with Crippen LogP contribution in [0.1, 0.15) is 35.7 Å². The largest absolute Gasteiger partial charge is 0.493 e. The van der Waals surface area contributed by atoms with Gasteiger partial charge in [0.15, 0.2) is 0 Å². The normalized spacial score (nSPS) is 17.7. The van der Waals surface area contributed by atoms with E-state index in [0.29, 0.717) is 6.04 Å². The van der Waals surface area contributed by atoms with Gasteiger partial charge in [-0.3, -0.25) is 4.98 Å². The van der Waals surface area contributed by atoms with Gasteiger partial charge in [-0.2, -0.15) is 0 Å². The maximum Gasteiger partial charge on any atom is 0.125 e. The number of aromatic nitrogens is 1. The molecular weight excluding hydrogens is 328 g/mol. The smallest absolute Gasteiger partial charge is 0.125 e. The van der Waals surface area contributed by atoms with E-state index in [9.17, 15) is 0 Å². The molecule has 2 aromatic rings. The van der Waals surface area contributed by atoms with Crippen LogP contribution in [0.5, 0.6) is 5.75 Å². The lowest BCUT2D eigenvalue weighted by molar-refractivity contribution is 0.315. The Bertz CT molecular complexity index is 630. The Kier molecular flexibility index (Phi) is 4.56. The molecule has 0 bridgehead atoms. The summed E-state index contributed by atoms with van der Waals surface area (Å²) in [5.74, 6) is 0.983. The fraction of sp³-hybridized carbons (Fsp3) is 0.353. The molecule has 1 aromatic carbocycles. The lowest BCUT2D eigenvalue weighted by Gasteiger charge is -2.19. The Balaban J connectivity index is 1.78. The first-order valence-corrected chi connectivity index (χ1v) is 8.09. The molecule has 1 aliphatic rings. The number of halogens is 1. The van der Waals surface area contributed by atoms with Crippen molar-refractivity contribution in [3.8, 4) is 5.75 Å². The van der Waals surface area contributed by atoms with Crippen LogP contribution in [0.4, 0.5) is 0 Å². The summed E-state index contributed by atoms with van der Waals surface area (Å²) in [7, 11) is 0. The Morgan fingerprint density at radius 3 is 3.14 bits per heavy atom. The van der Waals surface area contributed by atoms with E-state index in [1.165, 1.54) is 11.1 Å². The Hall–Kier alpha value is -1.39. The molecule has 0 amide bonds. The number of pyridine rings is 1. The second-order valence-corrected chi connectivity index (χ2v) is 6.29. The fourth-order valence-corrected chi connectivity index (χ4v) is 3.02. The minimum atomic E-state index is 0.317. The quantitative estimate of drug-likeness (QED) is 0.906. The van der Waals surface area contributed by atoms with E-state index in [-0.39, 0.29) is 0 Å². The van der Waals surface area contributed by atoms with Gasteiger partial charge in [-0.05, 0) is 43.5 Å². The Morgan fingerprint density at radius 1 is 1.38 bits per heavy atom. The van der Waals surface area contributed by atoms with E-state index >= 15 is 0 Å². The van der Waals surface area contributed by atoms with Crippen molar-refractivity contribution in [2.24, 2.45) is 0 Å². The number of nitrogens with one attached hydrogen (secondary N) is 1. The van der Waals surface area contributed by atoms with Crippen LogP contribution < -0.4 is 10.1 Å². The topological polar surface area (TPSA) is 34.2 Å². The van der Waals surface area contributed by atoms with Crippen LogP contribution in [0.15, 0.2) is 41.0 Å². The molecule has 0 fully saturated rings. The van der Waals surface area contributed by atoms with Gasteiger partial charge in [0.05, 0.1) is 12.3 Å². The van der Waals surface area contributed by atoms with Crippen molar-refractivity contribution in [2.45, 2.75) is 32.4 Å². The number of hydrogen-bond acceptors (Lipinski definition) is 3. The van der Waals surface area contributed by atoms with Crippen molar-refractivity contribution in [1.29, 1.82) is 0 Å². The van der Waals surface area contributed by atoms with E-state index in [4.69, 9.17) is 4.74 Å². The predicted molar refractivity (Wildman–Crippen MR) is 87.4 cm³/mol. The summed E-state index contributed by atoms with van der Waals surface area (Å²) < 4.78 is 6.91. The molecule has 1 aliphatic heterocycles. The maximum atomic E-state index is 5.85. The van der Waals surface area contributed by atoms with Gasteiger partial charge in [0, 0.05) is 28.8 Å². The second-order valence-electron chi connectivity index (χ2n) is 5.37. The average molecular weight is 347 g/mol. The lowest BCUT2D eigenvalue weighted by atomic mass is 10.0. The van der Waals surface area contributed by atoms with E-state index in [0.717, 1.165) is 41.9 Å². The van der Waals surface area contributed by atoms with Crippen molar-refractivity contribution >= 4 is 15.9 Å². The van der Waals surface area contributed by atoms with Crippen LogP contribution in [-0.4, -0.2) is 11.6 Å². The summed E-state index contributed by atoms with van der Waals surface area (Å²) in [6.45, 7) is 3.67. The molecule has 0 saturated carbocycles. The molecule has 3 nitrogen and oxygen atoms in total. The first-order chi connectivity index (χ1) is 10.2. The first-order valence-electron chi connectivity index (χ1n) is 7.30. The fourth-order valence-electron chi connectivity index (χ4n) is 2.68. The number of nitrogens with zero attached hydrogens (tertiary/aromatic N) is 1. The van der Waals surface area contributed by atoms with Gasteiger partial charge in [-0.25, -0.2) is 0 Å². The highest BCUT2D eigenvalue weighted by Gasteiger charge is 2.19. The number of aryl methyl sites for hydroxylation is 1. The average Bonchev–Trinajstić information content (AvgIpc) is 2.68. The second kappa shape index (κ2) is 6.58. The molecule has 3 rings (SSSR count). The molecule has 0 saturated heterocycles. The molecule has 0 radical (unpaired) electrons. The number of benzene rings is 1. The molecule has 110 valence electrons. The zero-order valence-corrected chi connectivity index (χ0v) is 13.7. The van der Waals surface area contributed by atoms with Crippen molar-refractivity contribution < 1.29 is 4.74 Å². The van der Waals surface area contributed by atoms with Crippen LogP contribution in [-0.2, 0) is 6.54 Å². The standard InChI is InChI=1S/C17H19BrN2O/c1-12-4-2-8-19-16(12)11-20-15-5-3-9-21-17-10-13(18)6-7-14(15)17/h2,4,6-8,10,15,20H,3,5,9,11H2,1H3. The monoisotopic (exact) mass is 346 g/mol. The van der Waals surface area contributed by atoms with Crippen molar-refractivity contribution in [3.05, 3.63) is 57.8 Å². The van der Waals surface area contributed by atoms with Gasteiger partial charge in [-0.1, -0.05) is 28.1 Å². The Labute approximate surface area is 133 Å². The van der Waals surface area contributed by atoms with Gasteiger partial charge in [0.2, 0.25) is 0 Å². The summed E-state index contributed by atoms with van der Waals surface area (Å²) in [6, 6.07) is 10.7. The third-order valence-corrected chi connectivity index (χ3v) is 4.37. The van der Waals surface area contributed by atoms with Crippen LogP contribution >= 0.6 is 15.9 Å². The number of hydrogen-bond donors (Lipinski definition) is 1. The summed E-state index contributed by atoms with van der Waals surface area (Å²) >= 11 is 3.51. The highest BCUT2D eigenvalue weighted by Crippen LogP contribution is 2.33. The summed E-state index contributed by atoms with van der Waals surface area (Å²) in [5.41, 5.74) is 3.58. The molecular formula is C17H19BrN2O. The predicted octanol–water partition coefficient (Wildman–Crippen LogP) is 4.16. The zero-order valence-electron chi connectivity index (χ0n) is 12.1. The van der Waals surface area contributed by atoms with Crippen molar-refractivity contribution in [2.75, 3.05) is 6.61 Å². The molecule has 21 heavy (non-hydrogen) atoms. The van der Waals surface area contributed by atoms with E-state index in [2.05, 4.69) is 57.4 Å². The zero-order chi connectivity index (χ0) is 14.7. The van der Waals surface area contributed by atoms with E-state index in [1.807, 2.05) is 12.3 Å². The molecule has 0 aliphatic carbocycles. The van der Waals surface area contributed by atoms with E-state index < -0.39 is 0 Å². The van der Waals surface area contributed by atoms with Crippen molar-refractivity contribution in [3.63, 3.8) is 0 Å². The first kappa shape index (κ1) is 14.5. The SMILES string of the molecule is Cc1cccnc1CNC1CCCOc2cc(Br)ccc21. The molecule has 4 heteroatoms. The van der Waals surface area contributed by atoms with Crippen LogP contribution in [0, 0.1) is 6.92 Å². The number of rotatable bonds is 3. The van der Waals surface area contributed by atoms with Gasteiger partial charge < -0.3 is 10.1 Å². The molecule has 1 atom stereocenters. The van der Waals surface area contributed by atoms with Crippen molar-refractivity contribution in [1.82, 2.24) is 10.3 Å². The summed E-state index contributed by atoms with van der Waals surface area (Å²) in [5, 5.41) is 3.64. The molecule has 1 unspecified atom stereocenters. The highest BCUT2D eigenvalue weighted by atomic mass is 79.9. The van der Waals surface area contributed by atoms with Gasteiger partial charge in [0.1, 0.15) is 5.75 Å². The van der Waals surface area contributed by atoms with Gasteiger partial charge in [-0.15, -0.1) is 0 Å². The van der Waals surface area contributed by atoms with Crippen LogP contribution in [0.25, 0.3) is 0 Å². The molecule has 2 heterocycles. The third-order valence-electron chi connectivity index (χ3n) is 3.88. The van der Waals surface area contributed by atoms with Gasteiger partial charge in [0.25, 0.3) is 0 Å². The maximum absolute atomic E-state index is 5.85. The molecule has 1 N–H and O–H groups in total. The third kappa shape index (κ3) is 3.44. The number of fused-ring (bicyclic) bond motifs is 1. The minimum absolute atomic E-state index is 0.317. The molecule has 0 spiro atoms. The number of ether oxygens (including phenoxy) is 1. The Morgan fingerprint density at radius 2 is 2.29 bits per heavy atom.